The van der Waals surface area contributed by atoms with Crippen LogP contribution in [0.2, 0.25) is 0 Å². The molecule has 6 nitrogen and oxygen atoms in total. The molecule has 0 aromatic heterocycles. The SMILES string of the molecule is CN1C(=O)C(C)(C)c2cc(S(=O)(=O)N3CCN(C4CCCCC4)CC3)ccc21. The van der Waals surface area contributed by atoms with E-state index in [0.29, 0.717) is 24.0 Å². The molecule has 1 aromatic rings. The summed E-state index contributed by atoms with van der Waals surface area (Å²) in [6.45, 7) is 6.41. The number of hydrogen-bond donors (Lipinski definition) is 0. The van der Waals surface area contributed by atoms with Crippen LogP contribution in [0.15, 0.2) is 23.1 Å². The Balaban J connectivity index is 1.52. The number of sulfonamides is 1. The van der Waals surface area contributed by atoms with Crippen molar-refractivity contribution in [1.82, 2.24) is 9.21 Å². The van der Waals surface area contributed by atoms with Crippen molar-refractivity contribution in [2.45, 2.75) is 62.3 Å². The zero-order valence-corrected chi connectivity index (χ0v) is 18.0. The lowest BCUT2D eigenvalue weighted by Gasteiger charge is -2.40. The van der Waals surface area contributed by atoms with Crippen LogP contribution in [0, 0.1) is 0 Å². The highest BCUT2D eigenvalue weighted by Crippen LogP contribution is 2.42. The summed E-state index contributed by atoms with van der Waals surface area (Å²) < 4.78 is 28.1. The van der Waals surface area contributed by atoms with E-state index in [1.165, 1.54) is 32.1 Å². The van der Waals surface area contributed by atoms with Crippen LogP contribution in [0.4, 0.5) is 5.69 Å². The third-order valence-corrected chi connectivity index (χ3v) is 8.74. The van der Waals surface area contributed by atoms with E-state index in [-0.39, 0.29) is 5.91 Å². The topological polar surface area (TPSA) is 60.9 Å². The highest BCUT2D eigenvalue weighted by atomic mass is 32.2. The lowest BCUT2D eigenvalue weighted by molar-refractivity contribution is -0.121. The predicted octanol–water partition coefficient (Wildman–Crippen LogP) is 2.58. The van der Waals surface area contributed by atoms with Gasteiger partial charge in [0.25, 0.3) is 0 Å². The molecule has 0 N–H and O–H groups in total. The van der Waals surface area contributed by atoms with Crippen LogP contribution in [0.3, 0.4) is 0 Å². The molecule has 2 heterocycles. The minimum Gasteiger partial charge on any atom is -0.314 e. The van der Waals surface area contributed by atoms with Crippen LogP contribution < -0.4 is 4.90 Å². The fourth-order valence-corrected chi connectivity index (χ4v) is 6.47. The second kappa shape index (κ2) is 7.11. The Morgan fingerprint density at radius 1 is 1.00 bits per heavy atom. The Morgan fingerprint density at radius 2 is 1.64 bits per heavy atom. The summed E-state index contributed by atoms with van der Waals surface area (Å²) >= 11 is 0. The minimum absolute atomic E-state index is 0.00172. The Morgan fingerprint density at radius 3 is 2.29 bits per heavy atom. The molecule has 1 amide bonds. The zero-order chi connectivity index (χ0) is 20.1. The molecular weight excluding hydrogens is 374 g/mol. The average molecular weight is 406 g/mol. The molecule has 28 heavy (non-hydrogen) atoms. The number of rotatable bonds is 3. The molecule has 2 aliphatic heterocycles. The quantitative estimate of drug-likeness (QED) is 0.776. The first-order valence-electron chi connectivity index (χ1n) is 10.4. The Bertz CT molecular complexity index is 867. The van der Waals surface area contributed by atoms with Crippen molar-refractivity contribution in [3.8, 4) is 0 Å². The molecule has 0 radical (unpaired) electrons. The highest BCUT2D eigenvalue weighted by molar-refractivity contribution is 7.89. The van der Waals surface area contributed by atoms with E-state index in [2.05, 4.69) is 4.90 Å². The summed E-state index contributed by atoms with van der Waals surface area (Å²) in [7, 11) is -1.80. The van der Waals surface area contributed by atoms with Gasteiger partial charge in [-0.1, -0.05) is 19.3 Å². The van der Waals surface area contributed by atoms with Gasteiger partial charge < -0.3 is 4.90 Å². The maximum absolute atomic E-state index is 13.3. The normalized spacial score (nSPS) is 24.5. The van der Waals surface area contributed by atoms with Crippen molar-refractivity contribution in [2.75, 3.05) is 38.1 Å². The third kappa shape index (κ3) is 3.17. The molecule has 4 rings (SSSR count). The third-order valence-electron chi connectivity index (χ3n) is 6.84. The monoisotopic (exact) mass is 405 g/mol. The summed E-state index contributed by atoms with van der Waals surface area (Å²) in [6.07, 6.45) is 6.40. The van der Waals surface area contributed by atoms with E-state index in [9.17, 15) is 13.2 Å². The Labute approximate surface area is 168 Å². The summed E-state index contributed by atoms with van der Waals surface area (Å²) in [5.74, 6) is -0.00172. The van der Waals surface area contributed by atoms with Crippen molar-refractivity contribution in [1.29, 1.82) is 0 Å². The van der Waals surface area contributed by atoms with Gasteiger partial charge in [0.05, 0.1) is 10.3 Å². The summed E-state index contributed by atoms with van der Waals surface area (Å²) in [4.78, 5) is 16.9. The number of benzene rings is 1. The van der Waals surface area contributed by atoms with Gasteiger partial charge >= 0.3 is 0 Å². The van der Waals surface area contributed by atoms with Gasteiger partial charge in [-0.05, 0) is 50.5 Å². The molecule has 0 bridgehead atoms. The van der Waals surface area contributed by atoms with E-state index < -0.39 is 15.4 Å². The second-order valence-corrected chi connectivity index (χ2v) is 10.8. The summed E-state index contributed by atoms with van der Waals surface area (Å²) in [6, 6.07) is 5.75. The number of amides is 1. The number of piperazine rings is 1. The lowest BCUT2D eigenvalue weighted by atomic mass is 9.86. The van der Waals surface area contributed by atoms with Crippen LogP contribution in [0.5, 0.6) is 0 Å². The number of nitrogens with zero attached hydrogens (tertiary/aromatic N) is 3. The molecule has 3 aliphatic rings. The second-order valence-electron chi connectivity index (χ2n) is 8.90. The number of carbonyl (C=O) groups excluding carboxylic acids is 1. The number of fused-ring (bicyclic) bond motifs is 1. The van der Waals surface area contributed by atoms with Crippen LogP contribution in [0.25, 0.3) is 0 Å². The summed E-state index contributed by atoms with van der Waals surface area (Å²) in [5, 5.41) is 0. The van der Waals surface area contributed by atoms with Crippen molar-refractivity contribution in [3.05, 3.63) is 23.8 Å². The van der Waals surface area contributed by atoms with Crippen molar-refractivity contribution in [2.24, 2.45) is 0 Å². The number of anilines is 1. The van der Waals surface area contributed by atoms with Crippen LogP contribution in [-0.4, -0.2) is 62.8 Å². The highest BCUT2D eigenvalue weighted by Gasteiger charge is 2.43. The maximum Gasteiger partial charge on any atom is 0.243 e. The fourth-order valence-electron chi connectivity index (χ4n) is 5.02. The molecule has 0 atom stereocenters. The molecule has 154 valence electrons. The average Bonchev–Trinajstić information content (AvgIpc) is 2.89. The van der Waals surface area contributed by atoms with Gasteiger partial charge in [-0.3, -0.25) is 9.69 Å². The number of carbonyl (C=O) groups is 1. The first-order valence-corrected chi connectivity index (χ1v) is 11.8. The van der Waals surface area contributed by atoms with Crippen LogP contribution in [0.1, 0.15) is 51.5 Å². The number of hydrogen-bond acceptors (Lipinski definition) is 4. The first kappa shape index (κ1) is 19.9. The maximum atomic E-state index is 13.3. The molecule has 1 saturated carbocycles. The predicted molar refractivity (Wildman–Crippen MR) is 110 cm³/mol. The van der Waals surface area contributed by atoms with Gasteiger partial charge in [0, 0.05) is 45.0 Å². The van der Waals surface area contributed by atoms with Crippen LogP contribution >= 0.6 is 0 Å². The fraction of sp³-hybridized carbons (Fsp3) is 0.667. The van der Waals surface area contributed by atoms with E-state index in [1.54, 1.807) is 34.5 Å². The van der Waals surface area contributed by atoms with Gasteiger partial charge in [-0.25, -0.2) is 8.42 Å². The van der Waals surface area contributed by atoms with Gasteiger partial charge in [0.1, 0.15) is 0 Å². The molecule has 7 heteroatoms. The molecule has 1 aromatic carbocycles. The van der Waals surface area contributed by atoms with E-state index in [4.69, 9.17) is 0 Å². The lowest BCUT2D eigenvalue weighted by Crippen LogP contribution is -2.52. The molecule has 1 aliphatic carbocycles. The zero-order valence-electron chi connectivity index (χ0n) is 17.1. The van der Waals surface area contributed by atoms with Gasteiger partial charge in [0.15, 0.2) is 0 Å². The van der Waals surface area contributed by atoms with E-state index in [1.807, 2.05) is 13.8 Å². The standard InChI is InChI=1S/C21H31N3O3S/c1-21(2)18-15-17(9-10-19(18)22(3)20(21)25)28(26,27)24-13-11-23(12-14-24)16-7-5-4-6-8-16/h9-10,15-16H,4-8,11-14H2,1-3H3. The molecule has 2 fully saturated rings. The smallest absolute Gasteiger partial charge is 0.243 e. The van der Waals surface area contributed by atoms with Gasteiger partial charge in [-0.15, -0.1) is 0 Å². The van der Waals surface area contributed by atoms with Crippen molar-refractivity contribution in [3.63, 3.8) is 0 Å². The molecule has 1 saturated heterocycles. The largest absolute Gasteiger partial charge is 0.314 e. The van der Waals surface area contributed by atoms with Gasteiger partial charge in [0.2, 0.25) is 15.9 Å². The molecule has 0 unspecified atom stereocenters. The van der Waals surface area contributed by atoms with Crippen molar-refractivity contribution < 1.29 is 13.2 Å². The van der Waals surface area contributed by atoms with Crippen molar-refractivity contribution >= 4 is 21.6 Å². The van der Waals surface area contributed by atoms with E-state index in [0.717, 1.165) is 24.3 Å². The Hall–Kier alpha value is -1.44. The Kier molecular flexibility index (Phi) is 5.04. The molecular formula is C21H31N3O3S. The summed E-state index contributed by atoms with van der Waals surface area (Å²) in [5.41, 5.74) is 0.896. The van der Waals surface area contributed by atoms with Crippen LogP contribution in [-0.2, 0) is 20.2 Å². The first-order chi connectivity index (χ1) is 13.2. The van der Waals surface area contributed by atoms with Gasteiger partial charge in [-0.2, -0.15) is 4.31 Å². The number of likely N-dealkylation sites (N-methyl/N-ethyl adjacent to an activating group) is 1. The molecule has 0 spiro atoms. The minimum atomic E-state index is -3.55. The van der Waals surface area contributed by atoms with E-state index >= 15 is 0 Å².